The molecule has 0 spiro atoms. The van der Waals surface area contributed by atoms with Crippen molar-refractivity contribution in [3.8, 4) is 10.9 Å². The zero-order valence-corrected chi connectivity index (χ0v) is 15.9. The minimum atomic E-state index is -0.272. The van der Waals surface area contributed by atoms with Crippen LogP contribution >= 0.6 is 11.5 Å². The standard InChI is InChI=1S/C20H20FN3O2S/c1-13(2)12-22-19(25)15-4-3-5-17(11-15)26-20-23-18(24-27-20)10-14-6-8-16(21)9-7-14/h3-9,11,13H,10,12H2,1-2H3,(H,22,25). The van der Waals surface area contributed by atoms with Gasteiger partial charge in [-0.05, 0) is 41.8 Å². The van der Waals surface area contributed by atoms with E-state index in [1.165, 1.54) is 12.1 Å². The lowest BCUT2D eigenvalue weighted by atomic mass is 10.1. The molecular weight excluding hydrogens is 365 g/mol. The van der Waals surface area contributed by atoms with Gasteiger partial charge in [0.05, 0.1) is 0 Å². The topological polar surface area (TPSA) is 64.1 Å². The van der Waals surface area contributed by atoms with Gasteiger partial charge < -0.3 is 10.1 Å². The van der Waals surface area contributed by atoms with Crippen LogP contribution in [0.1, 0.15) is 35.6 Å². The van der Waals surface area contributed by atoms with Crippen molar-refractivity contribution in [3.63, 3.8) is 0 Å². The van der Waals surface area contributed by atoms with E-state index in [0.717, 1.165) is 17.1 Å². The minimum Gasteiger partial charge on any atom is -0.430 e. The summed E-state index contributed by atoms with van der Waals surface area (Å²) in [6, 6.07) is 13.2. The third kappa shape index (κ3) is 5.59. The molecule has 0 bridgehead atoms. The maximum absolute atomic E-state index is 13.0. The number of hydrogen-bond acceptors (Lipinski definition) is 5. The van der Waals surface area contributed by atoms with E-state index in [-0.39, 0.29) is 11.7 Å². The van der Waals surface area contributed by atoms with Crippen LogP contribution in [-0.4, -0.2) is 21.8 Å². The second kappa shape index (κ2) is 8.73. The molecule has 1 heterocycles. The number of carbonyl (C=O) groups is 1. The first kappa shape index (κ1) is 19.0. The average molecular weight is 385 g/mol. The highest BCUT2D eigenvalue weighted by molar-refractivity contribution is 7.07. The highest BCUT2D eigenvalue weighted by atomic mass is 32.1. The van der Waals surface area contributed by atoms with Gasteiger partial charge in [0, 0.05) is 30.1 Å². The molecule has 1 amide bonds. The number of hydrogen-bond donors (Lipinski definition) is 1. The number of aromatic nitrogens is 2. The molecule has 1 aromatic heterocycles. The van der Waals surface area contributed by atoms with Gasteiger partial charge >= 0.3 is 0 Å². The predicted octanol–water partition coefficient (Wildman–Crippen LogP) is 4.45. The molecule has 2 aromatic carbocycles. The van der Waals surface area contributed by atoms with Crippen molar-refractivity contribution in [2.45, 2.75) is 20.3 Å². The number of rotatable bonds is 7. The van der Waals surface area contributed by atoms with Gasteiger partial charge in [0.2, 0.25) is 0 Å². The number of nitrogens with one attached hydrogen (secondary N) is 1. The van der Waals surface area contributed by atoms with Crippen molar-refractivity contribution in [3.05, 3.63) is 71.3 Å². The highest BCUT2D eigenvalue weighted by Crippen LogP contribution is 2.24. The average Bonchev–Trinajstić information content (AvgIpc) is 3.08. The molecule has 3 aromatic rings. The van der Waals surface area contributed by atoms with E-state index in [9.17, 15) is 9.18 Å². The van der Waals surface area contributed by atoms with E-state index in [4.69, 9.17) is 4.74 Å². The number of amides is 1. The Bertz CT molecular complexity index is 910. The fourth-order valence-corrected chi connectivity index (χ4v) is 2.91. The van der Waals surface area contributed by atoms with Crippen molar-refractivity contribution in [2.24, 2.45) is 5.92 Å². The predicted molar refractivity (Wildman–Crippen MR) is 103 cm³/mol. The normalized spacial score (nSPS) is 10.8. The Hall–Kier alpha value is -2.80. The third-order valence-electron chi connectivity index (χ3n) is 3.70. The zero-order valence-electron chi connectivity index (χ0n) is 15.1. The first-order chi connectivity index (χ1) is 13.0. The fraction of sp³-hybridized carbons (Fsp3) is 0.250. The van der Waals surface area contributed by atoms with Gasteiger partial charge in [0.25, 0.3) is 11.1 Å². The summed E-state index contributed by atoms with van der Waals surface area (Å²) in [7, 11) is 0. The van der Waals surface area contributed by atoms with Crippen LogP contribution in [0.2, 0.25) is 0 Å². The van der Waals surface area contributed by atoms with Gasteiger partial charge in [0.15, 0.2) is 5.82 Å². The van der Waals surface area contributed by atoms with Gasteiger partial charge in [-0.2, -0.15) is 9.36 Å². The maximum atomic E-state index is 13.0. The van der Waals surface area contributed by atoms with E-state index in [1.54, 1.807) is 36.4 Å². The van der Waals surface area contributed by atoms with E-state index < -0.39 is 0 Å². The lowest BCUT2D eigenvalue weighted by molar-refractivity contribution is 0.0948. The van der Waals surface area contributed by atoms with Crippen molar-refractivity contribution in [1.82, 2.24) is 14.7 Å². The van der Waals surface area contributed by atoms with Crippen molar-refractivity contribution < 1.29 is 13.9 Å². The molecule has 27 heavy (non-hydrogen) atoms. The number of halogens is 1. The van der Waals surface area contributed by atoms with Gasteiger partial charge in [-0.1, -0.05) is 32.0 Å². The van der Waals surface area contributed by atoms with E-state index in [1.807, 2.05) is 13.8 Å². The summed E-state index contributed by atoms with van der Waals surface area (Å²) >= 11 is 1.14. The SMILES string of the molecule is CC(C)CNC(=O)c1cccc(Oc2nc(Cc3ccc(F)cc3)ns2)c1. The molecule has 0 fully saturated rings. The summed E-state index contributed by atoms with van der Waals surface area (Å²) in [5.41, 5.74) is 1.45. The van der Waals surface area contributed by atoms with Gasteiger partial charge in [-0.3, -0.25) is 4.79 Å². The van der Waals surface area contributed by atoms with Crippen LogP contribution < -0.4 is 10.1 Å². The maximum Gasteiger partial charge on any atom is 0.298 e. The van der Waals surface area contributed by atoms with Crippen LogP contribution in [0.15, 0.2) is 48.5 Å². The van der Waals surface area contributed by atoms with Gasteiger partial charge in [-0.15, -0.1) is 0 Å². The first-order valence-electron chi connectivity index (χ1n) is 8.63. The molecule has 0 unspecified atom stereocenters. The number of carbonyl (C=O) groups excluding carboxylic acids is 1. The van der Waals surface area contributed by atoms with Crippen LogP contribution in [0.4, 0.5) is 4.39 Å². The van der Waals surface area contributed by atoms with Crippen molar-refractivity contribution >= 4 is 17.4 Å². The second-order valence-corrected chi connectivity index (χ2v) is 7.23. The zero-order chi connectivity index (χ0) is 19.2. The van der Waals surface area contributed by atoms with E-state index in [2.05, 4.69) is 14.7 Å². The Morgan fingerprint density at radius 3 is 2.74 bits per heavy atom. The molecule has 0 saturated heterocycles. The Morgan fingerprint density at radius 2 is 2.00 bits per heavy atom. The molecule has 0 aliphatic carbocycles. The Kier molecular flexibility index (Phi) is 6.13. The molecular formula is C20H20FN3O2S. The summed E-state index contributed by atoms with van der Waals surface area (Å²) in [5.74, 6) is 1.10. The second-order valence-electron chi connectivity index (χ2n) is 6.51. The first-order valence-corrected chi connectivity index (χ1v) is 9.40. The van der Waals surface area contributed by atoms with Gasteiger partial charge in [0.1, 0.15) is 11.6 Å². The highest BCUT2D eigenvalue weighted by Gasteiger charge is 2.10. The third-order valence-corrected chi connectivity index (χ3v) is 4.33. The largest absolute Gasteiger partial charge is 0.430 e. The summed E-state index contributed by atoms with van der Waals surface area (Å²) < 4.78 is 23.0. The van der Waals surface area contributed by atoms with E-state index >= 15 is 0 Å². The molecule has 5 nitrogen and oxygen atoms in total. The number of benzene rings is 2. The van der Waals surface area contributed by atoms with Crippen LogP contribution in [0.3, 0.4) is 0 Å². The minimum absolute atomic E-state index is 0.136. The Morgan fingerprint density at radius 1 is 1.22 bits per heavy atom. The molecule has 0 aliphatic rings. The summed E-state index contributed by atoms with van der Waals surface area (Å²) in [6.45, 7) is 4.70. The fourth-order valence-electron chi connectivity index (χ4n) is 2.34. The molecule has 7 heteroatoms. The number of ether oxygens (including phenoxy) is 1. The molecule has 0 atom stereocenters. The molecule has 0 saturated carbocycles. The van der Waals surface area contributed by atoms with Crippen LogP contribution in [0.5, 0.6) is 10.9 Å². The van der Waals surface area contributed by atoms with Crippen LogP contribution in [0.25, 0.3) is 0 Å². The Labute approximate surface area is 161 Å². The van der Waals surface area contributed by atoms with E-state index in [0.29, 0.717) is 41.2 Å². The summed E-state index contributed by atoms with van der Waals surface area (Å²) in [5, 5.41) is 3.27. The van der Waals surface area contributed by atoms with Gasteiger partial charge in [-0.25, -0.2) is 4.39 Å². The van der Waals surface area contributed by atoms with Crippen molar-refractivity contribution in [1.29, 1.82) is 0 Å². The Balaban J connectivity index is 1.64. The summed E-state index contributed by atoms with van der Waals surface area (Å²) in [4.78, 5) is 16.5. The lowest BCUT2D eigenvalue weighted by Gasteiger charge is -2.08. The molecule has 1 N–H and O–H groups in total. The van der Waals surface area contributed by atoms with Crippen LogP contribution in [0, 0.1) is 11.7 Å². The molecule has 0 aliphatic heterocycles. The smallest absolute Gasteiger partial charge is 0.298 e. The monoisotopic (exact) mass is 385 g/mol. The molecule has 0 radical (unpaired) electrons. The number of nitrogens with zero attached hydrogens (tertiary/aromatic N) is 2. The van der Waals surface area contributed by atoms with Crippen molar-refractivity contribution in [2.75, 3.05) is 6.54 Å². The quantitative estimate of drug-likeness (QED) is 0.653. The summed E-state index contributed by atoms with van der Waals surface area (Å²) in [6.07, 6.45) is 0.498. The van der Waals surface area contributed by atoms with Crippen LogP contribution in [-0.2, 0) is 6.42 Å². The lowest BCUT2D eigenvalue weighted by Crippen LogP contribution is -2.27. The molecule has 140 valence electrons. The molecule has 3 rings (SSSR count).